The number of halogens is 1. The summed E-state index contributed by atoms with van der Waals surface area (Å²) in [7, 11) is 1.60. The Hall–Kier alpha value is -2.36. The predicted octanol–water partition coefficient (Wildman–Crippen LogP) is 3.26. The smallest absolute Gasteiger partial charge is 0.224 e. The Kier molecular flexibility index (Phi) is 5.53. The second-order valence-corrected chi connectivity index (χ2v) is 5.03. The highest BCUT2D eigenvalue weighted by Gasteiger charge is 2.09. The minimum atomic E-state index is -0.358. The van der Waals surface area contributed by atoms with Crippen molar-refractivity contribution in [2.75, 3.05) is 7.05 Å². The maximum absolute atomic E-state index is 13.9. The Bertz CT molecular complexity index is 655. The van der Waals surface area contributed by atoms with Crippen LogP contribution in [0.3, 0.4) is 0 Å². The van der Waals surface area contributed by atoms with E-state index in [2.05, 4.69) is 5.32 Å². The van der Waals surface area contributed by atoms with E-state index in [0.29, 0.717) is 0 Å². The molecule has 0 aromatic heterocycles. The van der Waals surface area contributed by atoms with Crippen LogP contribution in [0.2, 0.25) is 0 Å². The van der Waals surface area contributed by atoms with Gasteiger partial charge in [-0.05, 0) is 35.2 Å². The monoisotopic (exact) mass is 301 g/mol. The Morgan fingerprint density at radius 3 is 2.55 bits per heavy atom. The van der Waals surface area contributed by atoms with Gasteiger partial charge in [-0.25, -0.2) is 4.39 Å². The first-order valence-electron chi connectivity index (χ1n) is 7.32. The summed E-state index contributed by atoms with van der Waals surface area (Å²) in [4.78, 5) is 11.5. The van der Waals surface area contributed by atoms with E-state index in [-0.39, 0.29) is 30.5 Å². The summed E-state index contributed by atoms with van der Waals surface area (Å²) in [6, 6.07) is 12.5. The molecule has 0 saturated heterocycles. The van der Waals surface area contributed by atoms with Crippen molar-refractivity contribution < 1.29 is 13.9 Å². The fourth-order valence-electron chi connectivity index (χ4n) is 2.17. The standard InChI is InChI=1S/C18H20FNO2/c1-3-13-8-9-17(16(19)10-13)22-12-15-7-5-4-6-14(15)11-18(21)20-2/h4-10H,3,11-12H2,1-2H3,(H,20,21). The molecule has 0 aliphatic carbocycles. The van der Waals surface area contributed by atoms with Crippen LogP contribution in [0.25, 0.3) is 0 Å². The van der Waals surface area contributed by atoms with Crippen LogP contribution in [-0.4, -0.2) is 13.0 Å². The molecule has 0 heterocycles. The normalized spacial score (nSPS) is 10.3. The van der Waals surface area contributed by atoms with Crippen molar-refractivity contribution in [2.24, 2.45) is 0 Å². The Morgan fingerprint density at radius 2 is 1.91 bits per heavy atom. The van der Waals surface area contributed by atoms with E-state index in [1.165, 1.54) is 6.07 Å². The van der Waals surface area contributed by atoms with Crippen molar-refractivity contribution in [1.82, 2.24) is 5.32 Å². The van der Waals surface area contributed by atoms with Crippen LogP contribution in [0.4, 0.5) is 4.39 Å². The van der Waals surface area contributed by atoms with Gasteiger partial charge in [0.15, 0.2) is 11.6 Å². The fourth-order valence-corrected chi connectivity index (χ4v) is 2.17. The van der Waals surface area contributed by atoms with E-state index < -0.39 is 0 Å². The molecule has 1 amide bonds. The van der Waals surface area contributed by atoms with E-state index in [4.69, 9.17) is 4.74 Å². The number of nitrogens with one attached hydrogen (secondary N) is 1. The van der Waals surface area contributed by atoms with Crippen LogP contribution in [0.1, 0.15) is 23.6 Å². The number of rotatable bonds is 6. The highest BCUT2D eigenvalue weighted by Crippen LogP contribution is 2.21. The molecule has 2 aromatic carbocycles. The second kappa shape index (κ2) is 7.59. The van der Waals surface area contributed by atoms with Gasteiger partial charge in [-0.15, -0.1) is 0 Å². The fraction of sp³-hybridized carbons (Fsp3) is 0.278. The van der Waals surface area contributed by atoms with Crippen LogP contribution < -0.4 is 10.1 Å². The lowest BCUT2D eigenvalue weighted by Crippen LogP contribution is -2.20. The van der Waals surface area contributed by atoms with Gasteiger partial charge in [-0.2, -0.15) is 0 Å². The first kappa shape index (κ1) is 16.0. The molecule has 2 rings (SSSR count). The van der Waals surface area contributed by atoms with E-state index in [1.54, 1.807) is 13.1 Å². The average Bonchev–Trinajstić information content (AvgIpc) is 2.54. The SMILES string of the molecule is CCc1ccc(OCc2ccccc2CC(=O)NC)c(F)c1. The molecule has 2 aromatic rings. The molecule has 0 bridgehead atoms. The minimum Gasteiger partial charge on any atom is -0.486 e. The lowest BCUT2D eigenvalue weighted by Gasteiger charge is -2.12. The van der Waals surface area contributed by atoms with Gasteiger partial charge >= 0.3 is 0 Å². The minimum absolute atomic E-state index is 0.0640. The molecule has 0 aliphatic heterocycles. The van der Waals surface area contributed by atoms with Crippen molar-refractivity contribution in [1.29, 1.82) is 0 Å². The zero-order chi connectivity index (χ0) is 15.9. The van der Waals surface area contributed by atoms with Gasteiger partial charge in [0.2, 0.25) is 5.91 Å². The molecule has 0 spiro atoms. The molecule has 0 radical (unpaired) electrons. The molecule has 22 heavy (non-hydrogen) atoms. The van der Waals surface area contributed by atoms with Gasteiger partial charge in [-0.3, -0.25) is 4.79 Å². The lowest BCUT2D eigenvalue weighted by atomic mass is 10.0. The summed E-state index contributed by atoms with van der Waals surface area (Å²) >= 11 is 0. The topological polar surface area (TPSA) is 38.3 Å². The number of carbonyl (C=O) groups is 1. The van der Waals surface area contributed by atoms with Crippen LogP contribution in [0.5, 0.6) is 5.75 Å². The van der Waals surface area contributed by atoms with E-state index >= 15 is 0 Å². The largest absolute Gasteiger partial charge is 0.486 e. The molecule has 0 fully saturated rings. The van der Waals surface area contributed by atoms with Gasteiger partial charge < -0.3 is 10.1 Å². The third-order valence-corrected chi connectivity index (χ3v) is 3.54. The molecule has 1 N–H and O–H groups in total. The third kappa shape index (κ3) is 4.07. The van der Waals surface area contributed by atoms with Crippen LogP contribution in [0.15, 0.2) is 42.5 Å². The van der Waals surface area contributed by atoms with Crippen LogP contribution >= 0.6 is 0 Å². The van der Waals surface area contributed by atoms with Gasteiger partial charge in [-0.1, -0.05) is 37.3 Å². The van der Waals surface area contributed by atoms with Gasteiger partial charge in [0.1, 0.15) is 6.61 Å². The number of aryl methyl sites for hydroxylation is 1. The second-order valence-electron chi connectivity index (χ2n) is 5.03. The molecular weight excluding hydrogens is 281 g/mol. The Balaban J connectivity index is 2.10. The number of benzene rings is 2. The quantitative estimate of drug-likeness (QED) is 0.889. The molecule has 0 aliphatic rings. The van der Waals surface area contributed by atoms with Crippen molar-refractivity contribution in [3.05, 3.63) is 65.0 Å². The van der Waals surface area contributed by atoms with Crippen molar-refractivity contribution in [3.63, 3.8) is 0 Å². The molecule has 3 nitrogen and oxygen atoms in total. The molecule has 116 valence electrons. The molecule has 4 heteroatoms. The van der Waals surface area contributed by atoms with Gasteiger partial charge in [0.25, 0.3) is 0 Å². The molecule has 0 saturated carbocycles. The van der Waals surface area contributed by atoms with E-state index in [0.717, 1.165) is 23.1 Å². The Labute approximate surface area is 130 Å². The molecule has 0 atom stereocenters. The predicted molar refractivity (Wildman–Crippen MR) is 84.3 cm³/mol. The van der Waals surface area contributed by atoms with E-state index in [9.17, 15) is 9.18 Å². The highest BCUT2D eigenvalue weighted by molar-refractivity contribution is 5.78. The zero-order valence-corrected chi connectivity index (χ0v) is 12.9. The maximum atomic E-state index is 13.9. The zero-order valence-electron chi connectivity index (χ0n) is 12.9. The summed E-state index contributed by atoms with van der Waals surface area (Å²) < 4.78 is 19.5. The molecular formula is C18H20FNO2. The first-order chi connectivity index (χ1) is 10.6. The van der Waals surface area contributed by atoms with Crippen molar-refractivity contribution in [2.45, 2.75) is 26.4 Å². The van der Waals surface area contributed by atoms with Crippen LogP contribution in [0, 0.1) is 5.82 Å². The number of hydrogen-bond donors (Lipinski definition) is 1. The van der Waals surface area contributed by atoms with Crippen molar-refractivity contribution >= 4 is 5.91 Å². The molecule has 0 unspecified atom stereocenters. The van der Waals surface area contributed by atoms with Crippen molar-refractivity contribution in [3.8, 4) is 5.75 Å². The maximum Gasteiger partial charge on any atom is 0.224 e. The summed E-state index contributed by atoms with van der Waals surface area (Å²) in [6.45, 7) is 2.21. The third-order valence-electron chi connectivity index (χ3n) is 3.54. The number of carbonyl (C=O) groups excluding carboxylic acids is 1. The number of hydrogen-bond acceptors (Lipinski definition) is 2. The Morgan fingerprint density at radius 1 is 1.18 bits per heavy atom. The summed E-state index contributed by atoms with van der Waals surface area (Å²) in [6.07, 6.45) is 1.07. The number of ether oxygens (including phenoxy) is 1. The number of likely N-dealkylation sites (N-methyl/N-ethyl adjacent to an activating group) is 1. The summed E-state index contributed by atoms with van der Waals surface area (Å²) in [5, 5.41) is 2.60. The first-order valence-corrected chi connectivity index (χ1v) is 7.32. The van der Waals surface area contributed by atoms with Gasteiger partial charge in [0.05, 0.1) is 6.42 Å². The van der Waals surface area contributed by atoms with E-state index in [1.807, 2.05) is 37.3 Å². The summed E-state index contributed by atoms with van der Waals surface area (Å²) in [5.41, 5.74) is 2.70. The van der Waals surface area contributed by atoms with Crippen LogP contribution in [-0.2, 0) is 24.2 Å². The average molecular weight is 301 g/mol. The summed E-state index contributed by atoms with van der Waals surface area (Å²) in [5.74, 6) is -0.194. The highest BCUT2D eigenvalue weighted by atomic mass is 19.1. The number of amides is 1. The van der Waals surface area contributed by atoms with Gasteiger partial charge in [0, 0.05) is 7.05 Å². The lowest BCUT2D eigenvalue weighted by molar-refractivity contribution is -0.119.